The third kappa shape index (κ3) is 3.40. The van der Waals surface area contributed by atoms with Crippen molar-refractivity contribution in [3.63, 3.8) is 0 Å². The van der Waals surface area contributed by atoms with Crippen molar-refractivity contribution in [2.24, 2.45) is 0 Å². The number of nitrogens with two attached hydrogens (primary N) is 1. The number of aromatic nitrogens is 1. The minimum absolute atomic E-state index is 0. The van der Waals surface area contributed by atoms with Gasteiger partial charge in [-0.3, -0.25) is 0 Å². The molecule has 20 heavy (non-hydrogen) atoms. The first-order valence-electron chi connectivity index (χ1n) is 5.36. The van der Waals surface area contributed by atoms with E-state index >= 15 is 0 Å². The number of halogens is 4. The first kappa shape index (κ1) is 17.6. The lowest BCUT2D eigenvalue weighted by atomic mass is 10.1. The Morgan fingerprint density at radius 1 is 1.30 bits per heavy atom. The Labute approximate surface area is 140 Å². The summed E-state index contributed by atoms with van der Waals surface area (Å²) in [6, 6.07) is 3.39. The lowest BCUT2D eigenvalue weighted by molar-refractivity contribution is -0.634. The van der Waals surface area contributed by atoms with E-state index in [0.29, 0.717) is 11.4 Å². The third-order valence-corrected chi connectivity index (χ3v) is 4.80. The lowest BCUT2D eigenvalue weighted by Gasteiger charge is -2.08. The van der Waals surface area contributed by atoms with Crippen LogP contribution in [0.4, 0.5) is 18.9 Å². The van der Waals surface area contributed by atoms with Crippen molar-refractivity contribution in [2.45, 2.75) is 17.4 Å². The van der Waals surface area contributed by atoms with Gasteiger partial charge in [-0.25, -0.2) is 0 Å². The smallest absolute Gasteiger partial charge is 0.416 e. The van der Waals surface area contributed by atoms with Crippen molar-refractivity contribution in [2.75, 3.05) is 12.0 Å². The molecule has 2 aromatic rings. The standard InChI is InChI=1S/C12H12F3N2S2.HI/c1-7-6-19-11(18-2)17(7)10-5-8(12(13,14)15)3-4-9(10)16;/h3-6H,16H2,1-2H3;1H/q+1;/p-1. The molecule has 0 spiro atoms. The molecular formula is C12H12F3IN2S2. The summed E-state index contributed by atoms with van der Waals surface area (Å²) in [5.74, 6) is 0. The van der Waals surface area contributed by atoms with Crippen molar-refractivity contribution in [3.05, 3.63) is 34.8 Å². The largest absolute Gasteiger partial charge is 1.00 e. The second-order valence-corrected chi connectivity index (χ2v) is 5.87. The first-order chi connectivity index (χ1) is 8.84. The van der Waals surface area contributed by atoms with Crippen molar-refractivity contribution in [1.82, 2.24) is 0 Å². The highest BCUT2D eigenvalue weighted by molar-refractivity contribution is 8.00. The number of anilines is 1. The first-order valence-corrected chi connectivity index (χ1v) is 7.46. The van der Waals surface area contributed by atoms with Crippen LogP contribution in [-0.2, 0) is 6.18 Å². The Balaban J connectivity index is 0.00000200. The number of hydrogen-bond donors (Lipinski definition) is 1. The van der Waals surface area contributed by atoms with Crippen molar-refractivity contribution in [1.29, 1.82) is 0 Å². The van der Waals surface area contributed by atoms with E-state index in [9.17, 15) is 13.2 Å². The Morgan fingerprint density at radius 3 is 2.50 bits per heavy atom. The Bertz CT molecular complexity index is 611. The fourth-order valence-corrected chi connectivity index (χ4v) is 3.41. The maximum Gasteiger partial charge on any atom is 0.416 e. The fourth-order valence-electron chi connectivity index (χ4n) is 1.73. The molecule has 2 rings (SSSR count). The predicted molar refractivity (Wildman–Crippen MR) is 71.8 cm³/mol. The SMILES string of the molecule is CSc1scc(C)[n+]1-c1cc(C(F)(F)F)ccc1N.[I-]. The molecule has 110 valence electrons. The van der Waals surface area contributed by atoms with Gasteiger partial charge in [0.2, 0.25) is 5.69 Å². The molecule has 0 bridgehead atoms. The maximum atomic E-state index is 12.8. The van der Waals surface area contributed by atoms with Gasteiger partial charge in [0.05, 0.1) is 10.9 Å². The van der Waals surface area contributed by atoms with Crippen LogP contribution in [0.3, 0.4) is 0 Å². The highest BCUT2D eigenvalue weighted by atomic mass is 127. The molecule has 0 saturated carbocycles. The number of alkyl halides is 3. The molecule has 0 radical (unpaired) electrons. The fraction of sp³-hybridized carbons (Fsp3) is 0.250. The van der Waals surface area contributed by atoms with Crippen LogP contribution in [0.15, 0.2) is 27.9 Å². The van der Waals surface area contributed by atoms with Crippen molar-refractivity contribution in [3.8, 4) is 5.69 Å². The van der Waals surface area contributed by atoms with Gasteiger partial charge >= 0.3 is 10.5 Å². The van der Waals surface area contributed by atoms with Gasteiger partial charge in [-0.2, -0.15) is 13.2 Å². The third-order valence-electron chi connectivity index (χ3n) is 2.64. The monoisotopic (exact) mass is 432 g/mol. The highest BCUT2D eigenvalue weighted by Gasteiger charge is 2.33. The van der Waals surface area contributed by atoms with Crippen LogP contribution in [0.2, 0.25) is 0 Å². The molecule has 0 aliphatic heterocycles. The van der Waals surface area contributed by atoms with Crippen LogP contribution in [0.5, 0.6) is 0 Å². The topological polar surface area (TPSA) is 29.9 Å². The molecule has 0 aliphatic carbocycles. The number of aryl methyl sites for hydroxylation is 1. The zero-order valence-electron chi connectivity index (χ0n) is 10.7. The van der Waals surface area contributed by atoms with Gasteiger partial charge in [-0.05, 0) is 30.2 Å². The van der Waals surface area contributed by atoms with Crippen LogP contribution in [0, 0.1) is 6.92 Å². The predicted octanol–water partition coefficient (Wildman–Crippen LogP) is 0.660. The molecule has 8 heteroatoms. The van der Waals surface area contributed by atoms with Gasteiger partial charge in [-0.15, -0.1) is 4.57 Å². The molecule has 0 unspecified atom stereocenters. The molecular weight excluding hydrogens is 420 g/mol. The van der Waals surface area contributed by atoms with Gasteiger partial charge in [0.1, 0.15) is 5.69 Å². The van der Waals surface area contributed by atoms with E-state index in [2.05, 4.69) is 0 Å². The number of benzene rings is 1. The van der Waals surface area contributed by atoms with Crippen LogP contribution in [0.1, 0.15) is 11.3 Å². The normalized spacial score (nSPS) is 11.2. The van der Waals surface area contributed by atoms with Crippen LogP contribution < -0.4 is 34.3 Å². The molecule has 1 aromatic heterocycles. The summed E-state index contributed by atoms with van der Waals surface area (Å²) in [6.07, 6.45) is -2.49. The summed E-state index contributed by atoms with van der Waals surface area (Å²) in [5.41, 5.74) is 6.69. The van der Waals surface area contributed by atoms with Gasteiger partial charge in [0.25, 0.3) is 0 Å². The van der Waals surface area contributed by atoms with Gasteiger partial charge in [0.15, 0.2) is 5.69 Å². The van der Waals surface area contributed by atoms with E-state index in [1.807, 2.05) is 18.6 Å². The zero-order chi connectivity index (χ0) is 14.2. The Morgan fingerprint density at radius 2 is 1.95 bits per heavy atom. The molecule has 0 fully saturated rings. The second kappa shape index (κ2) is 6.52. The van der Waals surface area contributed by atoms with Crippen LogP contribution in [-0.4, -0.2) is 6.26 Å². The number of nitrogen functional groups attached to an aromatic ring is 1. The average Bonchev–Trinajstić information content (AvgIpc) is 2.69. The maximum absolute atomic E-state index is 12.8. The second-order valence-electron chi connectivity index (χ2n) is 3.95. The van der Waals surface area contributed by atoms with Crippen molar-refractivity contribution < 1.29 is 41.7 Å². The quantitative estimate of drug-likeness (QED) is 0.327. The highest BCUT2D eigenvalue weighted by Crippen LogP contribution is 2.32. The molecule has 2 nitrogen and oxygen atoms in total. The number of thioether (sulfide) groups is 1. The molecule has 0 saturated heterocycles. The van der Waals surface area contributed by atoms with E-state index in [1.54, 1.807) is 4.57 Å². The minimum atomic E-state index is -4.37. The molecule has 0 aliphatic rings. The number of thiazole rings is 1. The molecule has 0 amide bonds. The number of nitrogens with zero attached hydrogens (tertiary/aromatic N) is 1. The Hall–Kier alpha value is -0.480. The summed E-state index contributed by atoms with van der Waals surface area (Å²) in [6.45, 7) is 1.84. The molecule has 0 atom stereocenters. The average molecular weight is 432 g/mol. The summed E-state index contributed by atoms with van der Waals surface area (Å²) in [7, 11) is 0. The van der Waals surface area contributed by atoms with E-state index in [0.717, 1.165) is 22.2 Å². The molecule has 2 N–H and O–H groups in total. The summed E-state index contributed by atoms with van der Waals surface area (Å²) in [4.78, 5) is 0. The Kier molecular flexibility index (Phi) is 5.73. The molecule has 1 heterocycles. The van der Waals surface area contributed by atoms with Gasteiger partial charge in [0, 0.05) is 13.0 Å². The lowest BCUT2D eigenvalue weighted by Crippen LogP contribution is -3.00. The number of rotatable bonds is 2. The van der Waals surface area contributed by atoms with Gasteiger partial charge in [-0.1, -0.05) is 11.3 Å². The zero-order valence-corrected chi connectivity index (χ0v) is 14.5. The summed E-state index contributed by atoms with van der Waals surface area (Å²) in [5, 5.41) is 1.89. The van der Waals surface area contributed by atoms with Crippen LogP contribution >= 0.6 is 23.1 Å². The van der Waals surface area contributed by atoms with Gasteiger partial charge < -0.3 is 29.7 Å². The van der Waals surface area contributed by atoms with Crippen LogP contribution in [0.25, 0.3) is 5.69 Å². The van der Waals surface area contributed by atoms with E-state index in [4.69, 9.17) is 5.73 Å². The number of hydrogen-bond acceptors (Lipinski definition) is 3. The van der Waals surface area contributed by atoms with E-state index in [-0.39, 0.29) is 24.0 Å². The van der Waals surface area contributed by atoms with Crippen molar-refractivity contribution >= 4 is 28.8 Å². The minimum Gasteiger partial charge on any atom is -1.00 e. The van der Waals surface area contributed by atoms with E-state index < -0.39 is 11.7 Å². The molecule has 1 aromatic carbocycles. The summed E-state index contributed by atoms with van der Waals surface area (Å²) >= 11 is 2.96. The summed E-state index contributed by atoms with van der Waals surface area (Å²) < 4.78 is 41.0. The van der Waals surface area contributed by atoms with E-state index in [1.165, 1.54) is 29.2 Å².